The van der Waals surface area contributed by atoms with Crippen molar-refractivity contribution in [3.05, 3.63) is 45.8 Å². The van der Waals surface area contributed by atoms with Gasteiger partial charge in [-0.05, 0) is 43.2 Å². The van der Waals surface area contributed by atoms with E-state index in [2.05, 4.69) is 36.3 Å². The smallest absolute Gasteiger partial charge is 0.231 e. The standard InChI is InChI=1S/C17H16N2O2S/c1-10-11(2)22-17-13(10)8-18-16(19-17)6-4-12-3-5-14-15(7-12)21-9-20-14/h3-8,16,19H,9H2,1-2H3/t16-/m1/s1. The first kappa shape index (κ1) is 13.4. The van der Waals surface area contributed by atoms with Crippen molar-refractivity contribution in [3.8, 4) is 11.5 Å². The highest BCUT2D eigenvalue weighted by molar-refractivity contribution is 7.16. The highest BCUT2D eigenvalue weighted by atomic mass is 32.1. The number of thiophene rings is 1. The maximum absolute atomic E-state index is 5.39. The van der Waals surface area contributed by atoms with E-state index < -0.39 is 0 Å². The molecule has 1 atom stereocenters. The van der Waals surface area contributed by atoms with Gasteiger partial charge in [-0.25, -0.2) is 0 Å². The van der Waals surface area contributed by atoms with Gasteiger partial charge in [0.25, 0.3) is 0 Å². The molecule has 5 heteroatoms. The molecule has 2 aromatic rings. The predicted octanol–water partition coefficient (Wildman–Crippen LogP) is 3.98. The average Bonchev–Trinajstić information content (AvgIpc) is 3.10. The Balaban J connectivity index is 1.53. The van der Waals surface area contributed by atoms with Gasteiger partial charge in [0.15, 0.2) is 11.5 Å². The van der Waals surface area contributed by atoms with Gasteiger partial charge in [0.05, 0.1) is 5.00 Å². The molecular formula is C17H16N2O2S. The minimum Gasteiger partial charge on any atom is -0.454 e. The Kier molecular flexibility index (Phi) is 3.15. The van der Waals surface area contributed by atoms with Crippen LogP contribution in [-0.4, -0.2) is 19.2 Å². The fraction of sp³-hybridized carbons (Fsp3) is 0.235. The van der Waals surface area contributed by atoms with E-state index >= 15 is 0 Å². The molecule has 4 rings (SSSR count). The number of aryl methyl sites for hydroxylation is 1. The second kappa shape index (κ2) is 5.18. The van der Waals surface area contributed by atoms with Crippen molar-refractivity contribution in [2.24, 2.45) is 4.99 Å². The summed E-state index contributed by atoms with van der Waals surface area (Å²) in [6.45, 7) is 4.59. The number of ether oxygens (including phenoxy) is 2. The topological polar surface area (TPSA) is 42.9 Å². The SMILES string of the molecule is Cc1sc2c(c1C)C=N[C@@H](C=Cc1ccc3c(c1)OCO3)N2. The van der Waals surface area contributed by atoms with Gasteiger partial charge in [0, 0.05) is 16.7 Å². The van der Waals surface area contributed by atoms with Gasteiger partial charge in [0.2, 0.25) is 6.79 Å². The maximum atomic E-state index is 5.39. The fourth-order valence-electron chi connectivity index (χ4n) is 2.55. The number of anilines is 1. The van der Waals surface area contributed by atoms with Crippen molar-refractivity contribution in [2.45, 2.75) is 20.0 Å². The molecule has 112 valence electrons. The van der Waals surface area contributed by atoms with Gasteiger partial charge in [-0.1, -0.05) is 12.1 Å². The quantitative estimate of drug-likeness (QED) is 0.912. The van der Waals surface area contributed by atoms with Crippen LogP contribution in [0.2, 0.25) is 0 Å². The molecule has 0 saturated heterocycles. The van der Waals surface area contributed by atoms with Crippen molar-refractivity contribution < 1.29 is 9.47 Å². The molecule has 22 heavy (non-hydrogen) atoms. The largest absolute Gasteiger partial charge is 0.454 e. The number of benzene rings is 1. The molecule has 0 radical (unpaired) electrons. The molecule has 3 heterocycles. The van der Waals surface area contributed by atoms with Crippen molar-refractivity contribution in [1.82, 2.24) is 0 Å². The minimum atomic E-state index is -0.0321. The third kappa shape index (κ3) is 2.27. The Morgan fingerprint density at radius 1 is 1.27 bits per heavy atom. The zero-order valence-electron chi connectivity index (χ0n) is 12.4. The molecule has 0 bridgehead atoms. The van der Waals surface area contributed by atoms with E-state index in [1.807, 2.05) is 24.4 Å². The Labute approximate surface area is 133 Å². The van der Waals surface area contributed by atoms with Crippen LogP contribution in [-0.2, 0) is 0 Å². The second-order valence-electron chi connectivity index (χ2n) is 5.37. The molecule has 1 aromatic carbocycles. The molecule has 2 aliphatic rings. The third-order valence-corrected chi connectivity index (χ3v) is 5.10. The van der Waals surface area contributed by atoms with Crippen molar-refractivity contribution in [1.29, 1.82) is 0 Å². The van der Waals surface area contributed by atoms with Crippen LogP contribution in [0, 0.1) is 13.8 Å². The van der Waals surface area contributed by atoms with Crippen LogP contribution in [0.1, 0.15) is 21.6 Å². The molecule has 0 saturated carbocycles. The molecule has 0 spiro atoms. The first-order valence-electron chi connectivity index (χ1n) is 7.18. The summed E-state index contributed by atoms with van der Waals surface area (Å²) in [5.74, 6) is 1.61. The maximum Gasteiger partial charge on any atom is 0.231 e. The highest BCUT2D eigenvalue weighted by Crippen LogP contribution is 2.35. The van der Waals surface area contributed by atoms with Crippen LogP contribution >= 0.6 is 11.3 Å². The van der Waals surface area contributed by atoms with E-state index in [1.54, 1.807) is 11.3 Å². The monoisotopic (exact) mass is 312 g/mol. The summed E-state index contributed by atoms with van der Waals surface area (Å²) in [7, 11) is 0. The van der Waals surface area contributed by atoms with E-state index in [0.29, 0.717) is 6.79 Å². The van der Waals surface area contributed by atoms with E-state index in [9.17, 15) is 0 Å². The van der Waals surface area contributed by atoms with Crippen molar-refractivity contribution in [3.63, 3.8) is 0 Å². The Morgan fingerprint density at radius 3 is 3.05 bits per heavy atom. The van der Waals surface area contributed by atoms with Gasteiger partial charge >= 0.3 is 0 Å². The molecule has 0 amide bonds. The third-order valence-electron chi connectivity index (χ3n) is 3.94. The van der Waals surface area contributed by atoms with E-state index in [-0.39, 0.29) is 6.17 Å². The number of hydrogen-bond donors (Lipinski definition) is 1. The molecule has 0 fully saturated rings. The molecule has 0 aliphatic carbocycles. The molecule has 1 N–H and O–H groups in total. The minimum absolute atomic E-state index is 0.0321. The average molecular weight is 312 g/mol. The molecule has 2 aliphatic heterocycles. The number of nitrogens with one attached hydrogen (secondary N) is 1. The van der Waals surface area contributed by atoms with Crippen LogP contribution in [0.3, 0.4) is 0 Å². The normalized spacial score (nSPS) is 18.5. The zero-order chi connectivity index (χ0) is 15.1. The lowest BCUT2D eigenvalue weighted by molar-refractivity contribution is 0.174. The zero-order valence-corrected chi connectivity index (χ0v) is 13.2. The molecule has 1 aromatic heterocycles. The van der Waals surface area contributed by atoms with Crippen LogP contribution in [0.25, 0.3) is 6.08 Å². The van der Waals surface area contributed by atoms with Crippen molar-refractivity contribution >= 4 is 28.6 Å². The van der Waals surface area contributed by atoms with Gasteiger partial charge in [0.1, 0.15) is 6.17 Å². The van der Waals surface area contributed by atoms with Gasteiger partial charge in [-0.15, -0.1) is 11.3 Å². The van der Waals surface area contributed by atoms with Crippen LogP contribution in [0.5, 0.6) is 11.5 Å². The van der Waals surface area contributed by atoms with Gasteiger partial charge in [-0.3, -0.25) is 4.99 Å². The summed E-state index contributed by atoms with van der Waals surface area (Å²) in [6.07, 6.45) is 6.05. The van der Waals surface area contributed by atoms with E-state index in [4.69, 9.17) is 9.47 Å². The summed E-state index contributed by atoms with van der Waals surface area (Å²) >= 11 is 1.79. The molecule has 4 nitrogen and oxygen atoms in total. The summed E-state index contributed by atoms with van der Waals surface area (Å²) < 4.78 is 10.7. The Bertz CT molecular complexity index is 792. The Morgan fingerprint density at radius 2 is 2.14 bits per heavy atom. The van der Waals surface area contributed by atoms with E-state index in [0.717, 1.165) is 17.1 Å². The first-order valence-corrected chi connectivity index (χ1v) is 8.00. The first-order chi connectivity index (χ1) is 10.7. The van der Waals surface area contributed by atoms with Crippen LogP contribution < -0.4 is 14.8 Å². The number of nitrogens with zero attached hydrogens (tertiary/aromatic N) is 1. The van der Waals surface area contributed by atoms with Crippen LogP contribution in [0.15, 0.2) is 29.3 Å². The van der Waals surface area contributed by atoms with E-state index in [1.165, 1.54) is 21.0 Å². The lowest BCUT2D eigenvalue weighted by Gasteiger charge is -2.16. The summed E-state index contributed by atoms with van der Waals surface area (Å²) in [6, 6.07) is 5.93. The molecular weight excluding hydrogens is 296 g/mol. The Hall–Kier alpha value is -2.27. The second-order valence-corrected chi connectivity index (χ2v) is 6.59. The lowest BCUT2D eigenvalue weighted by atomic mass is 10.1. The molecule has 0 unspecified atom stereocenters. The number of hydrogen-bond acceptors (Lipinski definition) is 5. The summed E-state index contributed by atoms with van der Waals surface area (Å²) in [5.41, 5.74) is 3.61. The highest BCUT2D eigenvalue weighted by Gasteiger charge is 2.17. The number of aliphatic imine (C=N–C) groups is 1. The number of fused-ring (bicyclic) bond motifs is 2. The summed E-state index contributed by atoms with van der Waals surface area (Å²) in [4.78, 5) is 5.90. The van der Waals surface area contributed by atoms with Crippen LogP contribution in [0.4, 0.5) is 5.00 Å². The number of rotatable bonds is 2. The van der Waals surface area contributed by atoms with Gasteiger partial charge < -0.3 is 14.8 Å². The summed E-state index contributed by atoms with van der Waals surface area (Å²) in [5, 5.41) is 4.66. The lowest BCUT2D eigenvalue weighted by Crippen LogP contribution is -2.18. The van der Waals surface area contributed by atoms with Gasteiger partial charge in [-0.2, -0.15) is 0 Å². The van der Waals surface area contributed by atoms with Crippen molar-refractivity contribution in [2.75, 3.05) is 12.1 Å². The fourth-order valence-corrected chi connectivity index (χ4v) is 3.62. The predicted molar refractivity (Wildman–Crippen MR) is 90.4 cm³/mol.